The summed E-state index contributed by atoms with van der Waals surface area (Å²) in [5.74, 6) is -3.79. The molecule has 3 aliphatic heterocycles. The zero-order chi connectivity index (χ0) is 24.0. The van der Waals surface area contributed by atoms with Gasteiger partial charge in [0, 0.05) is 28.4 Å². The number of hydrogen-bond acceptors (Lipinski definition) is 5. The van der Waals surface area contributed by atoms with E-state index >= 15 is 8.78 Å². The zero-order valence-corrected chi connectivity index (χ0v) is 21.1. The van der Waals surface area contributed by atoms with Crippen LogP contribution in [0.15, 0.2) is 24.3 Å². The van der Waals surface area contributed by atoms with Crippen LogP contribution in [0.25, 0.3) is 0 Å². The molecule has 3 aliphatic rings. The van der Waals surface area contributed by atoms with Crippen molar-refractivity contribution in [2.75, 3.05) is 37.8 Å². The van der Waals surface area contributed by atoms with Gasteiger partial charge in [-0.15, -0.1) is 0 Å². The smallest absolute Gasteiger partial charge is 0.342 e. The van der Waals surface area contributed by atoms with Gasteiger partial charge in [0.25, 0.3) is 5.91 Å². The molecule has 0 N–H and O–H groups in total. The molecule has 2 aromatic rings. The number of carbonyl (C=O) groups is 2. The van der Waals surface area contributed by atoms with E-state index in [0.717, 1.165) is 41.1 Å². The minimum atomic E-state index is -1.23. The van der Waals surface area contributed by atoms with Crippen molar-refractivity contribution in [1.29, 1.82) is 0 Å². The van der Waals surface area contributed by atoms with Crippen molar-refractivity contribution in [1.82, 2.24) is 9.80 Å². The Hall–Kier alpha value is -2.27. The Balaban J connectivity index is 1.44. The van der Waals surface area contributed by atoms with Crippen LogP contribution in [-0.4, -0.2) is 60.6 Å². The summed E-state index contributed by atoms with van der Waals surface area (Å²) in [6.07, 6.45) is 4.02. The summed E-state index contributed by atoms with van der Waals surface area (Å²) in [6, 6.07) is 7.11. The lowest BCUT2D eigenvalue weighted by molar-refractivity contribution is 0.0491. The molecule has 180 valence electrons. The summed E-state index contributed by atoms with van der Waals surface area (Å²) in [6.45, 7) is 4.75. The standard InChI is InChI=1S/C25H26F2IN3O3/c1-15-12-16(28)4-5-20(15)31-14-34-25(33)19-13-18(21(26)22(27)23(19)31)24(32)30-10-6-17(7-11-30)29-8-2-3-9-29/h4-5,12-13,17H,2-3,6-11,14H2,1H3. The molecule has 5 rings (SSSR count). The van der Waals surface area contributed by atoms with E-state index in [1.165, 1.54) is 17.7 Å². The molecule has 0 radical (unpaired) electrons. The molecular formula is C25H26F2IN3O3. The molecule has 9 heteroatoms. The van der Waals surface area contributed by atoms with Crippen molar-refractivity contribution in [3.8, 4) is 0 Å². The van der Waals surface area contributed by atoms with E-state index in [0.29, 0.717) is 24.8 Å². The van der Waals surface area contributed by atoms with Gasteiger partial charge in [0.2, 0.25) is 0 Å². The molecule has 0 unspecified atom stereocenters. The lowest BCUT2D eigenvalue weighted by Crippen LogP contribution is -2.46. The van der Waals surface area contributed by atoms with Gasteiger partial charge >= 0.3 is 5.97 Å². The lowest BCUT2D eigenvalue weighted by Gasteiger charge is -2.37. The molecule has 0 spiro atoms. The van der Waals surface area contributed by atoms with Gasteiger partial charge in [-0.1, -0.05) is 0 Å². The number of aryl methyl sites for hydroxylation is 1. The Kier molecular flexibility index (Phi) is 6.49. The number of esters is 1. The Morgan fingerprint density at radius 3 is 2.44 bits per heavy atom. The molecule has 2 fully saturated rings. The van der Waals surface area contributed by atoms with Crippen LogP contribution in [-0.2, 0) is 4.74 Å². The number of cyclic esters (lactones) is 1. The molecule has 1 amide bonds. The fourth-order valence-electron chi connectivity index (χ4n) is 5.28. The summed E-state index contributed by atoms with van der Waals surface area (Å²) >= 11 is 2.17. The third-order valence-electron chi connectivity index (χ3n) is 7.08. The monoisotopic (exact) mass is 581 g/mol. The Labute approximate surface area is 211 Å². The minimum absolute atomic E-state index is 0.140. The highest BCUT2D eigenvalue weighted by Crippen LogP contribution is 2.39. The average molecular weight is 581 g/mol. The summed E-state index contributed by atoms with van der Waals surface area (Å²) in [4.78, 5) is 31.2. The topological polar surface area (TPSA) is 53.1 Å². The van der Waals surface area contributed by atoms with Crippen LogP contribution in [0.2, 0.25) is 0 Å². The van der Waals surface area contributed by atoms with Crippen molar-refractivity contribution >= 4 is 45.8 Å². The Morgan fingerprint density at radius 2 is 1.76 bits per heavy atom. The van der Waals surface area contributed by atoms with Crippen LogP contribution < -0.4 is 4.90 Å². The predicted molar refractivity (Wildman–Crippen MR) is 132 cm³/mol. The maximum absolute atomic E-state index is 15.5. The summed E-state index contributed by atoms with van der Waals surface area (Å²) in [5, 5.41) is 0. The highest BCUT2D eigenvalue weighted by molar-refractivity contribution is 14.1. The first-order valence-electron chi connectivity index (χ1n) is 11.6. The van der Waals surface area contributed by atoms with E-state index in [4.69, 9.17) is 4.74 Å². The highest BCUT2D eigenvalue weighted by Gasteiger charge is 2.36. The molecule has 0 atom stereocenters. The molecule has 3 heterocycles. The van der Waals surface area contributed by atoms with Crippen LogP contribution in [0.4, 0.5) is 20.2 Å². The number of hydrogen-bond donors (Lipinski definition) is 0. The lowest BCUT2D eigenvalue weighted by atomic mass is 10.00. The number of rotatable bonds is 3. The van der Waals surface area contributed by atoms with Crippen LogP contribution >= 0.6 is 22.6 Å². The second-order valence-electron chi connectivity index (χ2n) is 9.13. The van der Waals surface area contributed by atoms with Gasteiger partial charge in [-0.3, -0.25) is 4.79 Å². The van der Waals surface area contributed by atoms with E-state index in [1.54, 1.807) is 11.0 Å². The maximum atomic E-state index is 15.5. The van der Waals surface area contributed by atoms with Crippen molar-refractivity contribution in [2.45, 2.75) is 38.6 Å². The Morgan fingerprint density at radius 1 is 1.06 bits per heavy atom. The molecule has 0 saturated carbocycles. The third-order valence-corrected chi connectivity index (χ3v) is 7.76. The molecule has 34 heavy (non-hydrogen) atoms. The second-order valence-corrected chi connectivity index (χ2v) is 10.4. The van der Waals surface area contributed by atoms with Gasteiger partial charge < -0.3 is 19.4 Å². The van der Waals surface area contributed by atoms with Crippen molar-refractivity contribution < 1.29 is 23.1 Å². The molecule has 2 aromatic carbocycles. The van der Waals surface area contributed by atoms with E-state index in [9.17, 15) is 9.59 Å². The van der Waals surface area contributed by atoms with Crippen LogP contribution in [0.5, 0.6) is 0 Å². The summed E-state index contributed by atoms with van der Waals surface area (Å²) < 4.78 is 37.0. The Bertz CT molecular complexity index is 1140. The van der Waals surface area contributed by atoms with Crippen LogP contribution in [0.3, 0.4) is 0 Å². The van der Waals surface area contributed by atoms with Crippen LogP contribution in [0.1, 0.15) is 52.0 Å². The number of carbonyl (C=O) groups excluding carboxylic acids is 2. The number of halogens is 3. The highest BCUT2D eigenvalue weighted by atomic mass is 127. The quantitative estimate of drug-likeness (QED) is 0.384. The first-order valence-corrected chi connectivity index (χ1v) is 12.7. The fourth-order valence-corrected chi connectivity index (χ4v) is 5.93. The number of benzene rings is 2. The predicted octanol–water partition coefficient (Wildman–Crippen LogP) is 4.84. The number of fused-ring (bicyclic) bond motifs is 1. The molecule has 0 aliphatic carbocycles. The van der Waals surface area contributed by atoms with Crippen LogP contribution in [0, 0.1) is 22.1 Å². The van der Waals surface area contributed by atoms with Crippen molar-refractivity contribution in [3.05, 3.63) is 56.2 Å². The van der Waals surface area contributed by atoms with Gasteiger partial charge in [-0.2, -0.15) is 0 Å². The van der Waals surface area contributed by atoms with Gasteiger partial charge in [0.15, 0.2) is 18.4 Å². The summed E-state index contributed by atoms with van der Waals surface area (Å²) in [7, 11) is 0. The molecule has 0 aromatic heterocycles. The molecule has 2 saturated heterocycles. The maximum Gasteiger partial charge on any atom is 0.342 e. The molecular weight excluding hydrogens is 555 g/mol. The van der Waals surface area contributed by atoms with E-state index < -0.39 is 29.1 Å². The normalized spacial score (nSPS) is 19.4. The van der Waals surface area contributed by atoms with Crippen molar-refractivity contribution in [3.63, 3.8) is 0 Å². The number of amides is 1. The zero-order valence-electron chi connectivity index (χ0n) is 19.0. The third kappa shape index (κ3) is 4.17. The number of ether oxygens (including phenoxy) is 1. The second kappa shape index (κ2) is 9.41. The first kappa shape index (κ1) is 23.5. The van der Waals surface area contributed by atoms with Gasteiger partial charge in [-0.05, 0) is 98.1 Å². The van der Waals surface area contributed by atoms with Crippen molar-refractivity contribution in [2.24, 2.45) is 0 Å². The van der Waals surface area contributed by atoms with E-state index in [1.807, 2.05) is 19.1 Å². The van der Waals surface area contributed by atoms with E-state index in [2.05, 4.69) is 27.5 Å². The summed E-state index contributed by atoms with van der Waals surface area (Å²) in [5.41, 5.74) is 0.682. The van der Waals surface area contributed by atoms with Gasteiger partial charge in [0.1, 0.15) is 0 Å². The van der Waals surface area contributed by atoms with E-state index in [-0.39, 0.29) is 18.0 Å². The van der Waals surface area contributed by atoms with Gasteiger partial charge in [0.05, 0.1) is 16.8 Å². The number of likely N-dealkylation sites (tertiary alicyclic amines) is 2. The molecule has 0 bridgehead atoms. The average Bonchev–Trinajstić information content (AvgIpc) is 3.37. The van der Waals surface area contributed by atoms with Gasteiger partial charge in [-0.25, -0.2) is 13.6 Å². The minimum Gasteiger partial charge on any atom is -0.440 e. The first-order chi connectivity index (χ1) is 16.3. The largest absolute Gasteiger partial charge is 0.440 e. The number of nitrogens with zero attached hydrogens (tertiary/aromatic N) is 3. The fraction of sp³-hybridized carbons (Fsp3) is 0.440. The number of piperidine rings is 1. The SMILES string of the molecule is Cc1cc(I)ccc1N1COC(=O)c2cc(C(=O)N3CCC(N4CCCC4)CC3)c(F)c(F)c21. The number of anilines is 2. The molecule has 6 nitrogen and oxygen atoms in total.